The van der Waals surface area contributed by atoms with Crippen LogP contribution in [0.5, 0.6) is 0 Å². The molecule has 9 heteroatoms. The van der Waals surface area contributed by atoms with Crippen molar-refractivity contribution in [3.8, 4) is 0 Å². The lowest BCUT2D eigenvalue weighted by molar-refractivity contribution is -0.137. The van der Waals surface area contributed by atoms with E-state index in [4.69, 9.17) is 5.11 Å². The molecule has 2 heterocycles. The Hall–Kier alpha value is -2.29. The summed E-state index contributed by atoms with van der Waals surface area (Å²) in [7, 11) is 0. The predicted octanol–water partition coefficient (Wildman–Crippen LogP) is 1.26. The van der Waals surface area contributed by atoms with Crippen LogP contribution >= 0.6 is 11.3 Å². The van der Waals surface area contributed by atoms with Crippen molar-refractivity contribution in [2.45, 2.75) is 40.3 Å². The molecule has 2 aromatic heterocycles. The van der Waals surface area contributed by atoms with Gasteiger partial charge in [0, 0.05) is 0 Å². The Labute approximate surface area is 137 Å². The molecule has 0 spiro atoms. The summed E-state index contributed by atoms with van der Waals surface area (Å²) in [6, 6.07) is 0. The summed E-state index contributed by atoms with van der Waals surface area (Å²) in [6.07, 6.45) is 2.25. The highest BCUT2D eigenvalue weighted by Gasteiger charge is 2.17. The molecule has 0 bridgehead atoms. The fourth-order valence-electron chi connectivity index (χ4n) is 2.06. The molecule has 23 heavy (non-hydrogen) atoms. The number of aromatic nitrogens is 4. The van der Waals surface area contributed by atoms with Gasteiger partial charge >= 0.3 is 5.97 Å². The van der Waals surface area contributed by atoms with E-state index in [1.54, 1.807) is 0 Å². The molecule has 0 aromatic carbocycles. The minimum atomic E-state index is -0.996. The summed E-state index contributed by atoms with van der Waals surface area (Å²) < 4.78 is 1.21. The smallest absolute Gasteiger partial charge is 0.325 e. The first kappa shape index (κ1) is 17.1. The molecule has 0 saturated carbocycles. The molecule has 1 amide bonds. The first-order valence-corrected chi connectivity index (χ1v) is 8.02. The lowest BCUT2D eigenvalue weighted by Gasteiger charge is -2.05. The van der Waals surface area contributed by atoms with Crippen LogP contribution in [0.4, 0.5) is 0 Å². The minimum absolute atomic E-state index is 0.191. The number of nitrogens with zero attached hydrogens (tertiary/aromatic N) is 4. The topological polar surface area (TPSA) is 110 Å². The molecule has 2 rings (SSSR count). The van der Waals surface area contributed by atoms with Crippen molar-refractivity contribution in [3.63, 3.8) is 0 Å². The molecule has 0 aliphatic carbocycles. The maximum atomic E-state index is 12.3. The van der Waals surface area contributed by atoms with Crippen LogP contribution in [-0.2, 0) is 24.3 Å². The van der Waals surface area contributed by atoms with E-state index in [-0.39, 0.29) is 19.0 Å². The lowest BCUT2D eigenvalue weighted by Crippen LogP contribution is -2.23. The largest absolute Gasteiger partial charge is 0.480 e. The number of carbonyl (C=O) groups is 2. The number of thiazole rings is 1. The molecule has 0 radical (unpaired) electrons. The number of carboxylic acids is 1. The van der Waals surface area contributed by atoms with Gasteiger partial charge in [-0.25, -0.2) is 9.67 Å². The minimum Gasteiger partial charge on any atom is -0.480 e. The monoisotopic (exact) mass is 337 g/mol. The normalized spacial score (nSPS) is 11.0. The molecule has 8 nitrogen and oxygen atoms in total. The number of nitrogens with one attached hydrogen (secondary N) is 1. The molecule has 2 N–H and O–H groups in total. The van der Waals surface area contributed by atoms with E-state index >= 15 is 0 Å². The van der Waals surface area contributed by atoms with Crippen LogP contribution in [0.25, 0.3) is 0 Å². The van der Waals surface area contributed by atoms with Gasteiger partial charge in [-0.2, -0.15) is 0 Å². The van der Waals surface area contributed by atoms with E-state index in [2.05, 4.69) is 34.5 Å². The number of carboxylic acid groups (broad SMARTS) is 1. The third-order valence-electron chi connectivity index (χ3n) is 2.93. The molecule has 0 aliphatic rings. The molecular weight excluding hydrogens is 318 g/mol. The van der Waals surface area contributed by atoms with Gasteiger partial charge in [0.1, 0.15) is 17.1 Å². The average Bonchev–Trinajstić information content (AvgIpc) is 3.01. The van der Waals surface area contributed by atoms with Crippen molar-refractivity contribution in [2.24, 2.45) is 5.92 Å². The Morgan fingerprint density at radius 3 is 2.83 bits per heavy atom. The van der Waals surface area contributed by atoms with Gasteiger partial charge in [0.2, 0.25) is 0 Å². The van der Waals surface area contributed by atoms with E-state index in [9.17, 15) is 9.59 Å². The Kier molecular flexibility index (Phi) is 5.43. The van der Waals surface area contributed by atoms with E-state index < -0.39 is 5.97 Å². The summed E-state index contributed by atoms with van der Waals surface area (Å²) in [5.41, 5.74) is 1.32. The van der Waals surface area contributed by atoms with Crippen LogP contribution in [0.3, 0.4) is 0 Å². The van der Waals surface area contributed by atoms with Crippen molar-refractivity contribution in [3.05, 3.63) is 27.5 Å². The Bertz CT molecular complexity index is 707. The molecule has 0 aliphatic heterocycles. The summed E-state index contributed by atoms with van der Waals surface area (Å²) in [5, 5.41) is 19.8. The third kappa shape index (κ3) is 4.85. The van der Waals surface area contributed by atoms with Crippen molar-refractivity contribution in [1.29, 1.82) is 0 Å². The number of amides is 1. The highest BCUT2D eigenvalue weighted by molar-refractivity contribution is 7.13. The van der Waals surface area contributed by atoms with Gasteiger partial charge in [0.25, 0.3) is 5.91 Å². The van der Waals surface area contributed by atoms with Crippen LogP contribution in [0.15, 0.2) is 6.20 Å². The number of aryl methyl sites for hydroxylation is 1. The van der Waals surface area contributed by atoms with Gasteiger partial charge in [-0.3, -0.25) is 9.59 Å². The maximum absolute atomic E-state index is 12.3. The van der Waals surface area contributed by atoms with Crippen molar-refractivity contribution >= 4 is 23.2 Å². The zero-order valence-corrected chi connectivity index (χ0v) is 14.1. The fourth-order valence-corrected chi connectivity index (χ4v) is 2.92. The lowest BCUT2D eigenvalue weighted by atomic mass is 10.1. The van der Waals surface area contributed by atoms with Gasteiger partial charge in [-0.1, -0.05) is 19.1 Å². The molecule has 0 atom stereocenters. The van der Waals surface area contributed by atoms with Crippen molar-refractivity contribution in [1.82, 2.24) is 25.3 Å². The number of hydrogen-bond donors (Lipinski definition) is 2. The van der Waals surface area contributed by atoms with Gasteiger partial charge in [0.05, 0.1) is 23.4 Å². The van der Waals surface area contributed by atoms with Gasteiger partial charge in [-0.05, 0) is 19.3 Å². The van der Waals surface area contributed by atoms with Gasteiger partial charge < -0.3 is 10.4 Å². The van der Waals surface area contributed by atoms with Crippen LogP contribution in [0.1, 0.15) is 39.9 Å². The highest BCUT2D eigenvalue weighted by Crippen LogP contribution is 2.20. The zero-order chi connectivity index (χ0) is 17.0. The van der Waals surface area contributed by atoms with Gasteiger partial charge in [-0.15, -0.1) is 16.4 Å². The SMILES string of the molecule is Cc1nc(CC(C)C)c(C(=O)NCc2cn(CC(=O)O)nn2)s1. The van der Waals surface area contributed by atoms with Crippen LogP contribution < -0.4 is 5.32 Å². The standard InChI is InChI=1S/C14H19N5O3S/c1-8(2)4-11-13(23-9(3)16-11)14(22)15-5-10-6-19(18-17-10)7-12(20)21/h6,8H,4-5,7H2,1-3H3,(H,15,22)(H,20,21). The summed E-state index contributed by atoms with van der Waals surface area (Å²) >= 11 is 1.37. The van der Waals surface area contributed by atoms with E-state index in [0.29, 0.717) is 16.5 Å². The van der Waals surface area contributed by atoms with E-state index in [0.717, 1.165) is 17.1 Å². The predicted molar refractivity (Wildman–Crippen MR) is 84.2 cm³/mol. The fraction of sp³-hybridized carbons (Fsp3) is 0.500. The highest BCUT2D eigenvalue weighted by atomic mass is 32.1. The summed E-state index contributed by atoms with van der Waals surface area (Å²) in [4.78, 5) is 28.0. The first-order valence-electron chi connectivity index (χ1n) is 7.20. The van der Waals surface area contributed by atoms with E-state index in [1.807, 2.05) is 6.92 Å². The number of hydrogen-bond acceptors (Lipinski definition) is 6. The van der Waals surface area contributed by atoms with Crippen LogP contribution in [0.2, 0.25) is 0 Å². The Balaban J connectivity index is 1.99. The first-order chi connectivity index (χ1) is 10.8. The molecular formula is C14H19N5O3S. The Morgan fingerprint density at radius 1 is 1.43 bits per heavy atom. The molecule has 0 saturated heterocycles. The van der Waals surface area contributed by atoms with Crippen molar-refractivity contribution in [2.75, 3.05) is 0 Å². The molecule has 0 unspecified atom stereocenters. The van der Waals surface area contributed by atoms with Gasteiger partial charge in [0.15, 0.2) is 0 Å². The second-order valence-corrected chi connectivity index (χ2v) is 6.79. The molecule has 124 valence electrons. The van der Waals surface area contributed by atoms with Crippen molar-refractivity contribution < 1.29 is 14.7 Å². The Morgan fingerprint density at radius 2 is 2.17 bits per heavy atom. The zero-order valence-electron chi connectivity index (χ0n) is 13.2. The average molecular weight is 337 g/mol. The summed E-state index contributed by atoms with van der Waals surface area (Å²) in [5.74, 6) is -0.776. The second-order valence-electron chi connectivity index (χ2n) is 5.59. The number of aliphatic carboxylic acids is 1. The number of rotatable bonds is 7. The molecule has 2 aromatic rings. The van der Waals surface area contributed by atoms with Crippen LogP contribution in [-0.4, -0.2) is 37.0 Å². The molecule has 0 fully saturated rings. The van der Waals surface area contributed by atoms with E-state index in [1.165, 1.54) is 22.2 Å². The third-order valence-corrected chi connectivity index (χ3v) is 3.94. The quantitative estimate of drug-likeness (QED) is 0.787. The summed E-state index contributed by atoms with van der Waals surface area (Å²) in [6.45, 7) is 5.97. The maximum Gasteiger partial charge on any atom is 0.325 e. The number of carbonyl (C=O) groups excluding carboxylic acids is 1. The second kappa shape index (κ2) is 7.32. The van der Waals surface area contributed by atoms with Crippen LogP contribution in [0, 0.1) is 12.8 Å².